The van der Waals surface area contributed by atoms with E-state index in [1.807, 2.05) is 12.1 Å². The summed E-state index contributed by atoms with van der Waals surface area (Å²) >= 11 is 0. The highest BCUT2D eigenvalue weighted by atomic mass is 16.3. The topological polar surface area (TPSA) is 17.0 Å². The van der Waals surface area contributed by atoms with Crippen LogP contribution in [0.25, 0.3) is 44.0 Å². The van der Waals surface area contributed by atoms with Crippen molar-refractivity contribution in [1.82, 2.24) is 0 Å². The maximum atomic E-state index is 6.35. The molecular formula is C24H20NO+. The molecule has 0 spiro atoms. The highest BCUT2D eigenvalue weighted by Crippen LogP contribution is 2.38. The Bertz CT molecular complexity index is 1280. The quantitative estimate of drug-likeness (QED) is 0.360. The summed E-state index contributed by atoms with van der Waals surface area (Å²) < 4.78 is 8.67. The normalized spacial score (nSPS) is 11.6. The first-order chi connectivity index (χ1) is 12.8. The van der Waals surface area contributed by atoms with Gasteiger partial charge in [0.25, 0.3) is 0 Å². The second-order valence-corrected chi connectivity index (χ2v) is 6.77. The molecule has 0 fully saturated rings. The van der Waals surface area contributed by atoms with E-state index in [4.69, 9.17) is 4.42 Å². The summed E-state index contributed by atoms with van der Waals surface area (Å²) in [5, 5.41) is 4.86. The average molecular weight is 338 g/mol. The van der Waals surface area contributed by atoms with Crippen LogP contribution in [-0.4, -0.2) is 0 Å². The first kappa shape index (κ1) is 15.2. The lowest BCUT2D eigenvalue weighted by molar-refractivity contribution is -0.681. The van der Waals surface area contributed by atoms with Crippen LogP contribution in [0.3, 0.4) is 0 Å². The molecule has 0 radical (unpaired) electrons. The van der Waals surface area contributed by atoms with E-state index in [1.54, 1.807) is 0 Å². The number of aryl methyl sites for hydroxylation is 2. The number of benzene rings is 3. The van der Waals surface area contributed by atoms with Crippen molar-refractivity contribution in [1.29, 1.82) is 0 Å². The molecule has 0 aliphatic heterocycles. The van der Waals surface area contributed by atoms with Crippen LogP contribution in [0.5, 0.6) is 0 Å². The fraction of sp³-hybridized carbons (Fsp3) is 0.125. The van der Waals surface area contributed by atoms with E-state index in [9.17, 15) is 0 Å². The maximum absolute atomic E-state index is 6.35. The van der Waals surface area contributed by atoms with Crippen molar-refractivity contribution in [3.05, 3.63) is 78.5 Å². The molecule has 0 aliphatic carbocycles. The molecule has 0 saturated carbocycles. The lowest BCUT2D eigenvalue weighted by Gasteiger charge is -2.09. The molecular weight excluding hydrogens is 318 g/mol. The van der Waals surface area contributed by atoms with E-state index in [1.165, 1.54) is 38.4 Å². The number of nitrogens with zero attached hydrogens (tertiary/aromatic N) is 1. The number of pyridine rings is 1. The van der Waals surface area contributed by atoms with Crippen LogP contribution in [0.15, 0.2) is 77.3 Å². The third-order valence-corrected chi connectivity index (χ3v) is 5.27. The van der Waals surface area contributed by atoms with Crippen LogP contribution >= 0.6 is 0 Å². The summed E-state index contributed by atoms with van der Waals surface area (Å²) in [5.74, 6) is 0. The largest absolute Gasteiger partial charge is 0.455 e. The van der Waals surface area contributed by atoms with Gasteiger partial charge in [0.1, 0.15) is 17.7 Å². The van der Waals surface area contributed by atoms with Crippen molar-refractivity contribution in [2.75, 3.05) is 0 Å². The van der Waals surface area contributed by atoms with E-state index < -0.39 is 0 Å². The van der Waals surface area contributed by atoms with E-state index in [0.29, 0.717) is 0 Å². The molecule has 0 unspecified atom stereocenters. The third-order valence-electron chi connectivity index (χ3n) is 5.27. The number of aromatic nitrogens is 1. The van der Waals surface area contributed by atoms with Crippen molar-refractivity contribution in [2.45, 2.75) is 20.4 Å². The van der Waals surface area contributed by atoms with Gasteiger partial charge in [0.2, 0.25) is 5.69 Å². The molecule has 2 nitrogen and oxygen atoms in total. The lowest BCUT2D eigenvalue weighted by Crippen LogP contribution is -2.34. The Morgan fingerprint density at radius 3 is 2.42 bits per heavy atom. The molecule has 0 atom stereocenters. The zero-order valence-electron chi connectivity index (χ0n) is 15.0. The molecule has 126 valence electrons. The molecule has 5 aromatic rings. The van der Waals surface area contributed by atoms with Gasteiger partial charge >= 0.3 is 0 Å². The van der Waals surface area contributed by atoms with E-state index >= 15 is 0 Å². The van der Waals surface area contributed by atoms with Gasteiger partial charge in [0.05, 0.1) is 10.9 Å². The molecule has 3 aromatic carbocycles. The van der Waals surface area contributed by atoms with Crippen molar-refractivity contribution in [3.63, 3.8) is 0 Å². The molecule has 5 rings (SSSR count). The molecule has 2 aromatic heterocycles. The lowest BCUT2D eigenvalue weighted by atomic mass is 9.97. The van der Waals surface area contributed by atoms with Gasteiger partial charge < -0.3 is 4.42 Å². The molecule has 0 bridgehead atoms. The van der Waals surface area contributed by atoms with Crippen molar-refractivity contribution in [2.24, 2.45) is 0 Å². The Labute approximate surface area is 152 Å². The van der Waals surface area contributed by atoms with Gasteiger partial charge in [-0.1, -0.05) is 48.5 Å². The Balaban J connectivity index is 1.99. The molecule has 0 N–H and O–H groups in total. The molecule has 0 amide bonds. The fourth-order valence-electron chi connectivity index (χ4n) is 3.98. The number of furan rings is 1. The number of para-hydroxylation sites is 1. The highest BCUT2D eigenvalue weighted by molar-refractivity contribution is 6.11. The van der Waals surface area contributed by atoms with Crippen LogP contribution in [0.1, 0.15) is 12.5 Å². The van der Waals surface area contributed by atoms with E-state index in [0.717, 1.165) is 17.7 Å². The van der Waals surface area contributed by atoms with Gasteiger partial charge in [-0.25, -0.2) is 0 Å². The average Bonchev–Trinajstić information content (AvgIpc) is 3.06. The van der Waals surface area contributed by atoms with Gasteiger partial charge in [-0.05, 0) is 36.9 Å². The summed E-state index contributed by atoms with van der Waals surface area (Å²) in [6, 6.07) is 23.5. The van der Waals surface area contributed by atoms with Crippen LogP contribution in [0.2, 0.25) is 0 Å². The summed E-state index contributed by atoms with van der Waals surface area (Å²) in [7, 11) is 0. The van der Waals surface area contributed by atoms with Gasteiger partial charge in [-0.2, -0.15) is 4.57 Å². The standard InChI is InChI=1S/C24H20NO/c1-3-25-15-14-17-8-4-5-9-18(17)23(25)22-16(2)12-13-20-19-10-6-7-11-21(19)26-24(20)22/h4-15H,3H2,1-2H3/q+1. The number of hydrogen-bond acceptors (Lipinski definition) is 1. The van der Waals surface area contributed by atoms with E-state index in [-0.39, 0.29) is 0 Å². The fourth-order valence-corrected chi connectivity index (χ4v) is 3.98. The van der Waals surface area contributed by atoms with Crippen LogP contribution in [-0.2, 0) is 6.54 Å². The predicted molar refractivity (Wildman–Crippen MR) is 107 cm³/mol. The zero-order chi connectivity index (χ0) is 17.7. The van der Waals surface area contributed by atoms with Gasteiger partial charge in [-0.3, -0.25) is 0 Å². The maximum Gasteiger partial charge on any atom is 0.224 e. The van der Waals surface area contributed by atoms with Crippen LogP contribution < -0.4 is 4.57 Å². The molecule has 2 heteroatoms. The first-order valence-corrected chi connectivity index (χ1v) is 9.10. The summed E-state index contributed by atoms with van der Waals surface area (Å²) in [5.41, 5.74) is 5.57. The summed E-state index contributed by atoms with van der Waals surface area (Å²) in [6.45, 7) is 5.27. The molecule has 0 aliphatic rings. The minimum absolute atomic E-state index is 0.913. The van der Waals surface area contributed by atoms with Gasteiger partial charge in [0.15, 0.2) is 6.20 Å². The van der Waals surface area contributed by atoms with Crippen molar-refractivity contribution >= 4 is 32.7 Å². The van der Waals surface area contributed by atoms with Crippen LogP contribution in [0.4, 0.5) is 0 Å². The second kappa shape index (κ2) is 5.70. The van der Waals surface area contributed by atoms with Crippen molar-refractivity contribution < 1.29 is 8.98 Å². The molecule has 0 saturated heterocycles. The minimum atomic E-state index is 0.913. The predicted octanol–water partition coefficient (Wildman–Crippen LogP) is 6.02. The number of rotatable bonds is 2. The Morgan fingerprint density at radius 2 is 1.58 bits per heavy atom. The number of hydrogen-bond donors (Lipinski definition) is 0. The Hall–Kier alpha value is -3.13. The highest BCUT2D eigenvalue weighted by Gasteiger charge is 2.23. The summed E-state index contributed by atoms with van der Waals surface area (Å²) in [4.78, 5) is 0. The third kappa shape index (κ3) is 2.08. The Morgan fingerprint density at radius 1 is 0.808 bits per heavy atom. The molecule has 26 heavy (non-hydrogen) atoms. The Kier molecular flexibility index (Phi) is 3.32. The molecule has 2 heterocycles. The first-order valence-electron chi connectivity index (χ1n) is 9.10. The summed E-state index contributed by atoms with van der Waals surface area (Å²) in [6.07, 6.45) is 2.18. The minimum Gasteiger partial charge on any atom is -0.455 e. The van der Waals surface area contributed by atoms with Gasteiger partial charge in [-0.15, -0.1) is 0 Å². The van der Waals surface area contributed by atoms with E-state index in [2.05, 4.69) is 79.2 Å². The van der Waals surface area contributed by atoms with Crippen LogP contribution in [0, 0.1) is 6.92 Å². The van der Waals surface area contributed by atoms with Gasteiger partial charge in [0, 0.05) is 16.8 Å². The zero-order valence-corrected chi connectivity index (χ0v) is 15.0. The SMILES string of the molecule is CC[n+]1ccc2ccccc2c1-c1c(C)ccc2c1oc1ccccc12. The monoisotopic (exact) mass is 338 g/mol. The number of fused-ring (bicyclic) bond motifs is 4. The van der Waals surface area contributed by atoms with Crippen molar-refractivity contribution in [3.8, 4) is 11.3 Å². The second-order valence-electron chi connectivity index (χ2n) is 6.77. The smallest absolute Gasteiger partial charge is 0.224 e.